The lowest BCUT2D eigenvalue weighted by Crippen LogP contribution is -2.43. The minimum absolute atomic E-state index is 0.00187. The highest BCUT2D eigenvalue weighted by molar-refractivity contribution is 7.80. The van der Waals surface area contributed by atoms with Gasteiger partial charge < -0.3 is 10.6 Å². The molecule has 1 rings (SSSR count). The van der Waals surface area contributed by atoms with Crippen molar-refractivity contribution >= 4 is 17.2 Å². The topological polar surface area (TPSA) is 29.3 Å². The van der Waals surface area contributed by atoms with Crippen LogP contribution in [0.15, 0.2) is 0 Å². The average molecular weight is 242 g/mol. The molecule has 2 atom stereocenters. The van der Waals surface area contributed by atoms with Gasteiger partial charge in [0, 0.05) is 11.5 Å². The van der Waals surface area contributed by atoms with Crippen molar-refractivity contribution in [3.63, 3.8) is 0 Å². The van der Waals surface area contributed by atoms with Crippen molar-refractivity contribution in [1.82, 2.24) is 4.90 Å². The lowest BCUT2D eigenvalue weighted by molar-refractivity contribution is 0.120. The standard InChI is InChI=1S/C13H26N2S/c1-10-5-7-15(11(2)9-10)8-6-13(3,4)12(14)16/h10-11H,5-9H2,1-4H3,(H2,14,16). The summed E-state index contributed by atoms with van der Waals surface area (Å²) in [5.74, 6) is 0.884. The average Bonchev–Trinajstić information content (AvgIpc) is 2.16. The Morgan fingerprint density at radius 1 is 1.44 bits per heavy atom. The summed E-state index contributed by atoms with van der Waals surface area (Å²) in [6.45, 7) is 11.3. The van der Waals surface area contributed by atoms with E-state index in [0.29, 0.717) is 11.0 Å². The maximum absolute atomic E-state index is 5.76. The van der Waals surface area contributed by atoms with Gasteiger partial charge in [0.1, 0.15) is 0 Å². The molecule has 0 spiro atoms. The Labute approximate surface area is 106 Å². The number of hydrogen-bond acceptors (Lipinski definition) is 2. The molecular formula is C13H26N2S. The molecule has 2 unspecified atom stereocenters. The predicted molar refractivity (Wildman–Crippen MR) is 74.6 cm³/mol. The van der Waals surface area contributed by atoms with Crippen LogP contribution < -0.4 is 5.73 Å². The van der Waals surface area contributed by atoms with E-state index in [9.17, 15) is 0 Å². The summed E-state index contributed by atoms with van der Waals surface area (Å²) < 4.78 is 0. The van der Waals surface area contributed by atoms with Crippen LogP contribution in [-0.2, 0) is 0 Å². The molecule has 2 N–H and O–H groups in total. The van der Waals surface area contributed by atoms with Crippen LogP contribution >= 0.6 is 12.2 Å². The van der Waals surface area contributed by atoms with Crippen molar-refractivity contribution in [1.29, 1.82) is 0 Å². The van der Waals surface area contributed by atoms with E-state index in [1.807, 2.05) is 0 Å². The molecule has 1 saturated heterocycles. The predicted octanol–water partition coefficient (Wildman–Crippen LogP) is 2.81. The van der Waals surface area contributed by atoms with Gasteiger partial charge in [0.15, 0.2) is 0 Å². The molecule has 0 saturated carbocycles. The first-order valence-electron chi connectivity index (χ1n) is 6.37. The zero-order valence-corrected chi connectivity index (χ0v) is 11.9. The van der Waals surface area contributed by atoms with Crippen molar-refractivity contribution in [3.8, 4) is 0 Å². The van der Waals surface area contributed by atoms with Crippen LogP contribution in [0.2, 0.25) is 0 Å². The Morgan fingerprint density at radius 2 is 2.06 bits per heavy atom. The van der Waals surface area contributed by atoms with Crippen LogP contribution in [0.3, 0.4) is 0 Å². The summed E-state index contributed by atoms with van der Waals surface area (Å²) in [6.07, 6.45) is 3.73. The van der Waals surface area contributed by atoms with Gasteiger partial charge >= 0.3 is 0 Å². The largest absolute Gasteiger partial charge is 0.393 e. The molecule has 0 aliphatic carbocycles. The molecular weight excluding hydrogens is 216 g/mol. The molecule has 94 valence electrons. The van der Waals surface area contributed by atoms with E-state index in [1.54, 1.807) is 0 Å². The zero-order chi connectivity index (χ0) is 12.3. The van der Waals surface area contributed by atoms with Crippen LogP contribution in [0.25, 0.3) is 0 Å². The minimum atomic E-state index is -0.00187. The van der Waals surface area contributed by atoms with E-state index in [1.165, 1.54) is 19.4 Å². The molecule has 1 fully saturated rings. The van der Waals surface area contributed by atoms with Gasteiger partial charge in [0.05, 0.1) is 4.99 Å². The number of rotatable bonds is 4. The molecule has 16 heavy (non-hydrogen) atoms. The van der Waals surface area contributed by atoms with Crippen LogP contribution in [0, 0.1) is 11.3 Å². The Kier molecular flexibility index (Phi) is 4.74. The van der Waals surface area contributed by atoms with Crippen molar-refractivity contribution in [2.24, 2.45) is 17.1 Å². The molecule has 0 aromatic rings. The second-order valence-electron chi connectivity index (χ2n) is 6.01. The van der Waals surface area contributed by atoms with Gasteiger partial charge in [-0.1, -0.05) is 33.0 Å². The molecule has 3 heteroatoms. The minimum Gasteiger partial charge on any atom is -0.393 e. The first kappa shape index (κ1) is 13.9. The van der Waals surface area contributed by atoms with E-state index >= 15 is 0 Å². The number of nitrogens with two attached hydrogens (primary N) is 1. The fourth-order valence-corrected chi connectivity index (χ4v) is 2.44. The normalized spacial score (nSPS) is 28.0. The molecule has 0 aromatic heterocycles. The molecule has 0 aromatic carbocycles. The van der Waals surface area contributed by atoms with Gasteiger partial charge in [-0.25, -0.2) is 0 Å². The highest BCUT2D eigenvalue weighted by Crippen LogP contribution is 2.26. The van der Waals surface area contributed by atoms with Gasteiger partial charge in [0.2, 0.25) is 0 Å². The summed E-state index contributed by atoms with van der Waals surface area (Å²) in [6, 6.07) is 0.714. The monoisotopic (exact) mass is 242 g/mol. The number of thiocarbonyl (C=S) groups is 1. The van der Waals surface area contributed by atoms with Crippen molar-refractivity contribution < 1.29 is 0 Å². The van der Waals surface area contributed by atoms with Gasteiger partial charge in [-0.2, -0.15) is 0 Å². The van der Waals surface area contributed by atoms with E-state index in [4.69, 9.17) is 18.0 Å². The third-order valence-electron chi connectivity index (χ3n) is 3.97. The summed E-state index contributed by atoms with van der Waals surface area (Å²) in [5.41, 5.74) is 5.75. The Hall–Kier alpha value is -0.150. The van der Waals surface area contributed by atoms with Crippen molar-refractivity contribution in [2.45, 2.75) is 53.0 Å². The fourth-order valence-electron chi connectivity index (χ4n) is 2.33. The Bertz CT molecular complexity index is 250. The molecule has 0 amide bonds. The number of piperidine rings is 1. The smallest absolute Gasteiger partial charge is 0.0784 e. The van der Waals surface area contributed by atoms with E-state index < -0.39 is 0 Å². The zero-order valence-electron chi connectivity index (χ0n) is 11.1. The molecule has 1 aliphatic rings. The van der Waals surface area contributed by atoms with Gasteiger partial charge in [-0.05, 0) is 45.2 Å². The Morgan fingerprint density at radius 3 is 2.56 bits per heavy atom. The van der Waals surface area contributed by atoms with Crippen LogP contribution in [0.5, 0.6) is 0 Å². The number of likely N-dealkylation sites (tertiary alicyclic amines) is 1. The maximum atomic E-state index is 5.76. The maximum Gasteiger partial charge on any atom is 0.0784 e. The lowest BCUT2D eigenvalue weighted by atomic mass is 9.87. The first-order valence-corrected chi connectivity index (χ1v) is 6.77. The van der Waals surface area contributed by atoms with E-state index in [2.05, 4.69) is 32.6 Å². The van der Waals surface area contributed by atoms with Gasteiger partial charge in [0.25, 0.3) is 0 Å². The van der Waals surface area contributed by atoms with E-state index in [-0.39, 0.29) is 5.41 Å². The Balaban J connectivity index is 2.41. The van der Waals surface area contributed by atoms with Crippen LogP contribution in [0.1, 0.15) is 47.0 Å². The summed E-state index contributed by atoms with van der Waals surface area (Å²) in [5, 5.41) is 0. The number of hydrogen-bond donors (Lipinski definition) is 1. The lowest BCUT2D eigenvalue weighted by Gasteiger charge is -2.38. The quantitative estimate of drug-likeness (QED) is 0.769. The molecule has 0 bridgehead atoms. The third-order valence-corrected chi connectivity index (χ3v) is 4.52. The first-order chi connectivity index (χ1) is 7.33. The van der Waals surface area contributed by atoms with Gasteiger partial charge in [-0.3, -0.25) is 0 Å². The second kappa shape index (κ2) is 5.46. The summed E-state index contributed by atoms with van der Waals surface area (Å²) >= 11 is 5.11. The highest BCUT2D eigenvalue weighted by Gasteiger charge is 2.26. The van der Waals surface area contributed by atoms with Crippen molar-refractivity contribution in [2.75, 3.05) is 13.1 Å². The molecule has 2 nitrogen and oxygen atoms in total. The third kappa shape index (κ3) is 3.70. The SMILES string of the molecule is CC1CCN(CCC(C)(C)C(N)=S)C(C)C1. The van der Waals surface area contributed by atoms with Gasteiger partial charge in [-0.15, -0.1) is 0 Å². The molecule has 1 aliphatic heterocycles. The molecule has 1 heterocycles. The summed E-state index contributed by atoms with van der Waals surface area (Å²) in [7, 11) is 0. The van der Waals surface area contributed by atoms with Crippen molar-refractivity contribution in [3.05, 3.63) is 0 Å². The van der Waals surface area contributed by atoms with E-state index in [0.717, 1.165) is 18.9 Å². The number of nitrogens with zero attached hydrogens (tertiary/aromatic N) is 1. The summed E-state index contributed by atoms with van der Waals surface area (Å²) in [4.78, 5) is 3.23. The fraction of sp³-hybridized carbons (Fsp3) is 0.923. The van der Waals surface area contributed by atoms with Crippen LogP contribution in [0.4, 0.5) is 0 Å². The highest BCUT2D eigenvalue weighted by atomic mass is 32.1. The molecule has 0 radical (unpaired) electrons. The second-order valence-corrected chi connectivity index (χ2v) is 6.45. The van der Waals surface area contributed by atoms with Crippen LogP contribution in [-0.4, -0.2) is 29.0 Å².